The molecule has 0 fully saturated rings. The number of nitrogens with one attached hydrogen (secondary N) is 5. The second-order valence-corrected chi connectivity index (χ2v) is 13.3. The van der Waals surface area contributed by atoms with Crippen LogP contribution in [0.5, 0.6) is 5.75 Å². The van der Waals surface area contributed by atoms with E-state index in [1.807, 2.05) is 67.1 Å². The second kappa shape index (κ2) is 13.4. The maximum absolute atomic E-state index is 7.55. The minimum atomic E-state index is 0.0861. The number of nitrogen functional groups attached to an aromatic ring is 2. The number of ether oxygens (including phenoxy) is 1. The van der Waals surface area contributed by atoms with Crippen molar-refractivity contribution in [2.24, 2.45) is 11.5 Å². The van der Waals surface area contributed by atoms with Gasteiger partial charge in [0.1, 0.15) is 29.1 Å². The lowest BCUT2D eigenvalue weighted by molar-refractivity contribution is 0.357. The zero-order valence-electron chi connectivity index (χ0n) is 22.9. The summed E-state index contributed by atoms with van der Waals surface area (Å²) in [6.45, 7) is 0.766. The maximum Gasteiger partial charge on any atom is 0.138 e. The van der Waals surface area contributed by atoms with Crippen LogP contribution >= 0.6 is 46.2 Å². The molecule has 1 aliphatic heterocycles. The fraction of sp³-hybridized carbons (Fsp3) is 0.138. The average molecular weight is 635 g/mol. The SMILES string of the molecule is CSc1sc(C(=N)N)cc1Nc1ccc2c(c1)CCO2.CSc1sc(C(=N)N)cc1Nc1cnc(-c2ccccc2)[nH]1. The summed E-state index contributed by atoms with van der Waals surface area (Å²) in [7, 11) is 0. The minimum absolute atomic E-state index is 0.0861. The van der Waals surface area contributed by atoms with E-state index in [9.17, 15) is 0 Å². The summed E-state index contributed by atoms with van der Waals surface area (Å²) >= 11 is 6.33. The van der Waals surface area contributed by atoms with Gasteiger partial charge in [0.2, 0.25) is 0 Å². The molecular weight excluding hydrogens is 605 g/mol. The fourth-order valence-electron chi connectivity index (χ4n) is 4.18. The Labute approximate surface area is 260 Å². The molecular formula is C29H30N8OS4. The molecule has 0 bridgehead atoms. The highest BCUT2D eigenvalue weighted by Crippen LogP contribution is 2.38. The molecule has 3 aromatic heterocycles. The molecule has 6 rings (SSSR count). The minimum Gasteiger partial charge on any atom is -0.493 e. The molecule has 1 aliphatic rings. The molecule has 9 nitrogen and oxygen atoms in total. The first-order chi connectivity index (χ1) is 20.3. The van der Waals surface area contributed by atoms with Crippen molar-refractivity contribution in [1.29, 1.82) is 10.8 Å². The van der Waals surface area contributed by atoms with Crippen molar-refractivity contribution in [3.05, 3.63) is 82.2 Å². The normalized spacial score (nSPS) is 11.7. The second-order valence-electron chi connectivity index (χ2n) is 9.04. The zero-order chi connectivity index (χ0) is 29.6. The standard InChI is InChI=1S/C15H15N5S2.C14H15N3OS2/c1-21-15-10(7-11(22-15)13(16)17)19-12-8-18-14(20-12)9-5-3-2-4-6-9;1-19-14-10(7-12(20-14)13(15)16)17-9-2-3-11-8(6-9)4-5-18-11/h2-8,19H,1H3,(H3,16,17)(H,18,20);2-3,6-7,17H,4-5H2,1H3,(H3,15,16). The molecule has 0 unspecified atom stereocenters. The Morgan fingerprint density at radius 3 is 2.17 bits per heavy atom. The number of imidazole rings is 1. The third kappa shape index (κ3) is 6.93. The average Bonchev–Trinajstić information content (AvgIpc) is 3.80. The van der Waals surface area contributed by atoms with Crippen molar-refractivity contribution in [3.63, 3.8) is 0 Å². The Balaban J connectivity index is 0.000000169. The van der Waals surface area contributed by atoms with Gasteiger partial charge in [0.15, 0.2) is 0 Å². The van der Waals surface area contributed by atoms with Crippen LogP contribution in [-0.4, -0.2) is 40.8 Å². The lowest BCUT2D eigenvalue weighted by atomic mass is 10.1. The van der Waals surface area contributed by atoms with Gasteiger partial charge in [-0.2, -0.15) is 0 Å². The summed E-state index contributed by atoms with van der Waals surface area (Å²) in [5.74, 6) is 2.80. The Kier molecular flexibility index (Phi) is 9.42. The van der Waals surface area contributed by atoms with E-state index in [0.29, 0.717) is 0 Å². The number of benzene rings is 2. The molecule has 216 valence electrons. The van der Waals surface area contributed by atoms with Gasteiger partial charge in [-0.1, -0.05) is 30.3 Å². The number of thiophene rings is 2. The van der Waals surface area contributed by atoms with Crippen molar-refractivity contribution in [2.45, 2.75) is 14.8 Å². The molecule has 0 aliphatic carbocycles. The summed E-state index contributed by atoms with van der Waals surface area (Å²) < 4.78 is 7.73. The molecule has 13 heteroatoms. The molecule has 42 heavy (non-hydrogen) atoms. The number of thioether (sulfide) groups is 2. The van der Waals surface area contributed by atoms with Gasteiger partial charge in [0, 0.05) is 17.7 Å². The smallest absolute Gasteiger partial charge is 0.138 e. The van der Waals surface area contributed by atoms with E-state index in [4.69, 9.17) is 27.0 Å². The highest BCUT2D eigenvalue weighted by molar-refractivity contribution is 8.00. The van der Waals surface area contributed by atoms with Crippen LogP contribution in [0.15, 0.2) is 75.3 Å². The number of H-pyrrole nitrogens is 1. The predicted molar refractivity (Wildman–Crippen MR) is 180 cm³/mol. The Morgan fingerprint density at radius 2 is 1.55 bits per heavy atom. The summed E-state index contributed by atoms with van der Waals surface area (Å²) in [5.41, 5.74) is 16.4. The molecule has 9 N–H and O–H groups in total. The van der Waals surface area contributed by atoms with Crippen LogP contribution in [0, 0.1) is 10.8 Å². The highest BCUT2D eigenvalue weighted by Gasteiger charge is 2.15. The number of aromatic nitrogens is 2. The number of anilines is 4. The Bertz CT molecular complexity index is 1710. The fourth-order valence-corrected chi connectivity index (χ4v) is 7.46. The van der Waals surface area contributed by atoms with Crippen molar-refractivity contribution in [3.8, 4) is 17.1 Å². The van der Waals surface area contributed by atoms with E-state index < -0.39 is 0 Å². The number of amidine groups is 2. The number of rotatable bonds is 9. The molecule has 4 heterocycles. The van der Waals surface area contributed by atoms with Gasteiger partial charge in [-0.15, -0.1) is 46.2 Å². The first kappa shape index (κ1) is 29.6. The Morgan fingerprint density at radius 1 is 0.905 bits per heavy atom. The topological polar surface area (TPSA) is 162 Å². The van der Waals surface area contributed by atoms with Crippen LogP contribution in [0.1, 0.15) is 15.3 Å². The van der Waals surface area contributed by atoms with Crippen LogP contribution in [0.4, 0.5) is 22.9 Å². The zero-order valence-corrected chi connectivity index (χ0v) is 26.2. The van der Waals surface area contributed by atoms with Crippen LogP contribution in [0.25, 0.3) is 11.4 Å². The monoisotopic (exact) mass is 634 g/mol. The third-order valence-corrected chi connectivity index (χ3v) is 10.8. The van der Waals surface area contributed by atoms with Crippen LogP contribution < -0.4 is 26.8 Å². The highest BCUT2D eigenvalue weighted by atomic mass is 32.2. The molecule has 2 aromatic carbocycles. The first-order valence-electron chi connectivity index (χ1n) is 12.8. The largest absolute Gasteiger partial charge is 0.493 e. The summed E-state index contributed by atoms with van der Waals surface area (Å²) in [5, 5.41) is 21.8. The van der Waals surface area contributed by atoms with Gasteiger partial charge >= 0.3 is 0 Å². The van der Waals surface area contributed by atoms with Crippen molar-refractivity contribution in [2.75, 3.05) is 29.8 Å². The van der Waals surface area contributed by atoms with Crippen LogP contribution in [0.3, 0.4) is 0 Å². The summed E-state index contributed by atoms with van der Waals surface area (Å²) in [4.78, 5) is 9.20. The van der Waals surface area contributed by atoms with E-state index in [0.717, 1.165) is 71.2 Å². The number of nitrogens with two attached hydrogens (primary N) is 2. The number of nitrogens with zero attached hydrogens (tertiary/aromatic N) is 1. The van der Waals surface area contributed by atoms with Crippen molar-refractivity contribution < 1.29 is 4.74 Å². The Hall–Kier alpha value is -3.91. The van der Waals surface area contributed by atoms with Gasteiger partial charge in [-0.25, -0.2) is 4.98 Å². The van der Waals surface area contributed by atoms with Crippen LogP contribution in [0.2, 0.25) is 0 Å². The van der Waals surface area contributed by atoms with Gasteiger partial charge in [-0.05, 0) is 48.4 Å². The molecule has 5 aromatic rings. The number of fused-ring (bicyclic) bond motifs is 1. The number of hydrogen-bond donors (Lipinski definition) is 7. The quantitative estimate of drug-likeness (QED) is 0.0504. The molecule has 0 saturated carbocycles. The molecule has 0 amide bonds. The van der Waals surface area contributed by atoms with Crippen LogP contribution in [-0.2, 0) is 6.42 Å². The van der Waals surface area contributed by atoms with E-state index in [1.165, 1.54) is 28.2 Å². The lowest BCUT2D eigenvalue weighted by Crippen LogP contribution is -2.08. The number of hydrogen-bond acceptors (Lipinski definition) is 10. The molecule has 0 saturated heterocycles. The van der Waals surface area contributed by atoms with Gasteiger partial charge in [-0.3, -0.25) is 10.8 Å². The third-order valence-electron chi connectivity index (χ3n) is 6.16. The van der Waals surface area contributed by atoms with E-state index in [2.05, 4.69) is 26.7 Å². The molecule has 0 radical (unpaired) electrons. The van der Waals surface area contributed by atoms with Gasteiger partial charge in [0.05, 0.1) is 42.4 Å². The molecule has 0 atom stereocenters. The van der Waals surface area contributed by atoms with Gasteiger partial charge in [0.25, 0.3) is 0 Å². The maximum atomic E-state index is 7.55. The number of aromatic amines is 1. The van der Waals surface area contributed by atoms with E-state index in [-0.39, 0.29) is 11.7 Å². The summed E-state index contributed by atoms with van der Waals surface area (Å²) in [6.07, 6.45) is 6.75. The van der Waals surface area contributed by atoms with E-state index >= 15 is 0 Å². The van der Waals surface area contributed by atoms with E-state index in [1.54, 1.807) is 29.7 Å². The first-order valence-corrected chi connectivity index (χ1v) is 16.9. The summed E-state index contributed by atoms with van der Waals surface area (Å²) in [6, 6.07) is 19.9. The molecule has 0 spiro atoms. The van der Waals surface area contributed by atoms with Crippen molar-refractivity contribution in [1.82, 2.24) is 9.97 Å². The van der Waals surface area contributed by atoms with Crippen molar-refractivity contribution >= 4 is 80.7 Å². The van der Waals surface area contributed by atoms with Gasteiger partial charge < -0.3 is 31.8 Å². The predicted octanol–water partition coefficient (Wildman–Crippen LogP) is 7.32. The lowest BCUT2D eigenvalue weighted by Gasteiger charge is -2.07.